The quantitative estimate of drug-likeness (QED) is 0.777. The van der Waals surface area contributed by atoms with Gasteiger partial charge < -0.3 is 5.73 Å². The molecule has 3 rings (SSSR count). The molecule has 1 aliphatic carbocycles. The Morgan fingerprint density at radius 2 is 1.81 bits per heavy atom. The predicted molar refractivity (Wildman–Crippen MR) is 89.7 cm³/mol. The summed E-state index contributed by atoms with van der Waals surface area (Å²) in [7, 11) is 0. The topological polar surface area (TPSA) is 26.0 Å². The van der Waals surface area contributed by atoms with Crippen molar-refractivity contribution in [2.75, 3.05) is 6.54 Å². The van der Waals surface area contributed by atoms with Gasteiger partial charge >= 0.3 is 0 Å². The van der Waals surface area contributed by atoms with Gasteiger partial charge in [0.1, 0.15) is 0 Å². The van der Waals surface area contributed by atoms with Gasteiger partial charge in [0.2, 0.25) is 0 Å². The van der Waals surface area contributed by atoms with Crippen molar-refractivity contribution < 1.29 is 0 Å². The van der Waals surface area contributed by atoms with Crippen LogP contribution < -0.4 is 5.73 Å². The lowest BCUT2D eigenvalue weighted by molar-refractivity contribution is 0.570. The second-order valence-electron chi connectivity index (χ2n) is 6.22. The fraction of sp³-hybridized carbons (Fsp3) is 0.400. The lowest BCUT2D eigenvalue weighted by atomic mass is 9.93. The highest BCUT2D eigenvalue weighted by Gasteiger charge is 2.22. The van der Waals surface area contributed by atoms with Crippen molar-refractivity contribution in [3.8, 4) is 0 Å². The number of hydrogen-bond donors (Lipinski definition) is 1. The number of fused-ring (bicyclic) bond motifs is 1. The lowest BCUT2D eigenvalue weighted by Crippen LogP contribution is -2.01. The SMILES string of the molecule is NCCCCC1CCc2ccc(Cc3ccccc3)cc21. The van der Waals surface area contributed by atoms with Crippen molar-refractivity contribution >= 4 is 0 Å². The van der Waals surface area contributed by atoms with Crippen molar-refractivity contribution in [1.29, 1.82) is 0 Å². The van der Waals surface area contributed by atoms with Crippen LogP contribution in [0.25, 0.3) is 0 Å². The van der Waals surface area contributed by atoms with E-state index in [0.717, 1.165) is 25.3 Å². The zero-order valence-corrected chi connectivity index (χ0v) is 12.7. The third kappa shape index (κ3) is 3.54. The van der Waals surface area contributed by atoms with Gasteiger partial charge in [-0.2, -0.15) is 0 Å². The van der Waals surface area contributed by atoms with Crippen LogP contribution >= 0.6 is 0 Å². The first-order chi connectivity index (χ1) is 10.4. The molecule has 0 heterocycles. The maximum absolute atomic E-state index is 5.62. The minimum atomic E-state index is 0.766. The van der Waals surface area contributed by atoms with Crippen LogP contribution in [0.2, 0.25) is 0 Å². The molecule has 0 amide bonds. The molecule has 0 bridgehead atoms. The molecule has 1 nitrogen and oxygen atoms in total. The third-order valence-corrected chi connectivity index (χ3v) is 4.67. The number of hydrogen-bond acceptors (Lipinski definition) is 1. The summed E-state index contributed by atoms with van der Waals surface area (Å²) in [5.74, 6) is 0.766. The van der Waals surface area contributed by atoms with E-state index in [-0.39, 0.29) is 0 Å². The summed E-state index contributed by atoms with van der Waals surface area (Å²) in [6.45, 7) is 0.827. The maximum Gasteiger partial charge on any atom is -0.00257 e. The van der Waals surface area contributed by atoms with Crippen molar-refractivity contribution in [3.05, 3.63) is 70.8 Å². The fourth-order valence-corrected chi connectivity index (χ4v) is 3.51. The second-order valence-corrected chi connectivity index (χ2v) is 6.22. The Kier molecular flexibility index (Phi) is 4.72. The number of nitrogens with two attached hydrogens (primary N) is 1. The van der Waals surface area contributed by atoms with E-state index in [2.05, 4.69) is 48.5 Å². The predicted octanol–water partition coefficient (Wildman–Crippen LogP) is 4.44. The van der Waals surface area contributed by atoms with Gasteiger partial charge in [-0.1, -0.05) is 55.0 Å². The Balaban J connectivity index is 1.72. The molecule has 0 fully saturated rings. The summed E-state index contributed by atoms with van der Waals surface area (Å²) < 4.78 is 0. The zero-order valence-electron chi connectivity index (χ0n) is 12.7. The molecule has 0 aliphatic heterocycles. The van der Waals surface area contributed by atoms with E-state index < -0.39 is 0 Å². The summed E-state index contributed by atoms with van der Waals surface area (Å²) in [4.78, 5) is 0. The molecule has 2 aromatic carbocycles. The van der Waals surface area contributed by atoms with Crippen LogP contribution in [-0.2, 0) is 12.8 Å². The molecular weight excluding hydrogens is 254 g/mol. The van der Waals surface area contributed by atoms with Crippen LogP contribution in [0.3, 0.4) is 0 Å². The Labute approximate surface area is 128 Å². The molecule has 1 atom stereocenters. The summed E-state index contributed by atoms with van der Waals surface area (Å²) in [6, 6.07) is 17.9. The highest BCUT2D eigenvalue weighted by Crippen LogP contribution is 2.37. The number of rotatable bonds is 6. The minimum absolute atomic E-state index is 0.766. The second kappa shape index (κ2) is 6.91. The smallest absolute Gasteiger partial charge is 0.00257 e. The first kappa shape index (κ1) is 14.3. The summed E-state index contributed by atoms with van der Waals surface area (Å²) in [5.41, 5.74) is 11.7. The minimum Gasteiger partial charge on any atom is -0.330 e. The van der Waals surface area contributed by atoms with Gasteiger partial charge in [-0.15, -0.1) is 0 Å². The van der Waals surface area contributed by atoms with Crippen LogP contribution in [0, 0.1) is 0 Å². The Bertz CT molecular complexity index is 574. The van der Waals surface area contributed by atoms with E-state index in [1.54, 1.807) is 11.1 Å². The van der Waals surface area contributed by atoms with Gasteiger partial charge in [0, 0.05) is 0 Å². The monoisotopic (exact) mass is 279 g/mol. The van der Waals surface area contributed by atoms with E-state index in [1.165, 1.54) is 36.8 Å². The van der Waals surface area contributed by atoms with Gasteiger partial charge in [-0.25, -0.2) is 0 Å². The highest BCUT2D eigenvalue weighted by atomic mass is 14.5. The van der Waals surface area contributed by atoms with Gasteiger partial charge in [0.15, 0.2) is 0 Å². The maximum atomic E-state index is 5.62. The molecule has 2 N–H and O–H groups in total. The molecule has 0 aromatic heterocycles. The molecule has 0 saturated carbocycles. The molecule has 0 radical (unpaired) electrons. The molecular formula is C20H25N. The average molecular weight is 279 g/mol. The lowest BCUT2D eigenvalue weighted by Gasteiger charge is -2.13. The highest BCUT2D eigenvalue weighted by molar-refractivity contribution is 5.40. The number of benzene rings is 2. The summed E-state index contributed by atoms with van der Waals surface area (Å²) in [5, 5.41) is 0. The molecule has 1 unspecified atom stereocenters. The fourth-order valence-electron chi connectivity index (χ4n) is 3.51. The molecule has 21 heavy (non-hydrogen) atoms. The number of unbranched alkanes of at least 4 members (excludes halogenated alkanes) is 1. The molecule has 0 saturated heterocycles. The average Bonchev–Trinajstić information content (AvgIpc) is 2.91. The van der Waals surface area contributed by atoms with Gasteiger partial charge in [-0.05, 0) is 66.8 Å². The largest absolute Gasteiger partial charge is 0.330 e. The summed E-state index contributed by atoms with van der Waals surface area (Å²) >= 11 is 0. The van der Waals surface area contributed by atoms with Crippen LogP contribution in [-0.4, -0.2) is 6.54 Å². The Morgan fingerprint density at radius 1 is 0.952 bits per heavy atom. The number of aryl methyl sites for hydroxylation is 1. The first-order valence-electron chi connectivity index (χ1n) is 8.22. The van der Waals surface area contributed by atoms with Crippen LogP contribution in [0.15, 0.2) is 48.5 Å². The summed E-state index contributed by atoms with van der Waals surface area (Å²) in [6.07, 6.45) is 7.37. The van der Waals surface area contributed by atoms with Crippen molar-refractivity contribution in [1.82, 2.24) is 0 Å². The first-order valence-corrected chi connectivity index (χ1v) is 8.22. The normalized spacial score (nSPS) is 16.9. The van der Waals surface area contributed by atoms with Gasteiger partial charge in [0.05, 0.1) is 0 Å². The molecule has 1 aliphatic rings. The van der Waals surface area contributed by atoms with Crippen LogP contribution in [0.5, 0.6) is 0 Å². The molecule has 2 aromatic rings. The van der Waals surface area contributed by atoms with Gasteiger partial charge in [0.25, 0.3) is 0 Å². The van der Waals surface area contributed by atoms with Crippen molar-refractivity contribution in [2.45, 2.75) is 44.4 Å². The Morgan fingerprint density at radius 3 is 2.62 bits per heavy atom. The van der Waals surface area contributed by atoms with Crippen molar-refractivity contribution in [2.24, 2.45) is 5.73 Å². The van der Waals surface area contributed by atoms with Gasteiger partial charge in [-0.3, -0.25) is 0 Å². The standard InChI is InChI=1S/C20H25N/c21-13-5-4-8-18-11-12-19-10-9-17(15-20(18)19)14-16-6-2-1-3-7-16/h1-3,6-7,9-10,15,18H,4-5,8,11-14,21H2. The van der Waals surface area contributed by atoms with E-state index in [0.29, 0.717) is 0 Å². The van der Waals surface area contributed by atoms with E-state index in [1.807, 2.05) is 0 Å². The van der Waals surface area contributed by atoms with E-state index in [4.69, 9.17) is 5.73 Å². The molecule has 1 heteroatoms. The molecule has 0 spiro atoms. The zero-order chi connectivity index (χ0) is 14.5. The van der Waals surface area contributed by atoms with Crippen LogP contribution in [0.1, 0.15) is 53.9 Å². The Hall–Kier alpha value is -1.60. The third-order valence-electron chi connectivity index (χ3n) is 4.67. The van der Waals surface area contributed by atoms with E-state index in [9.17, 15) is 0 Å². The molecule has 110 valence electrons. The van der Waals surface area contributed by atoms with Crippen LogP contribution in [0.4, 0.5) is 0 Å². The van der Waals surface area contributed by atoms with E-state index >= 15 is 0 Å². The van der Waals surface area contributed by atoms with Crippen molar-refractivity contribution in [3.63, 3.8) is 0 Å².